The Hall–Kier alpha value is -2.60. The molecule has 132 valence electrons. The van der Waals surface area contributed by atoms with E-state index in [1.807, 2.05) is 31.2 Å². The summed E-state index contributed by atoms with van der Waals surface area (Å²) in [4.78, 5) is 25.8. The first kappa shape index (κ1) is 17.2. The second kappa shape index (κ2) is 6.72. The zero-order valence-corrected chi connectivity index (χ0v) is 14.4. The third kappa shape index (κ3) is 3.91. The van der Waals surface area contributed by atoms with Crippen LogP contribution >= 0.6 is 0 Å². The van der Waals surface area contributed by atoms with Gasteiger partial charge in [0, 0.05) is 31.4 Å². The van der Waals surface area contributed by atoms with Gasteiger partial charge in [-0.1, -0.05) is 17.7 Å². The SMILES string of the molecule is Cc1ccc(OCC2(O)CCN(C(=O)c3ccn(C)c(=O)c3)C2)cc1. The number of likely N-dealkylation sites (tertiary alicyclic amines) is 1. The molecule has 1 unspecified atom stereocenters. The summed E-state index contributed by atoms with van der Waals surface area (Å²) in [6, 6.07) is 10.5. The number of hydrogen-bond acceptors (Lipinski definition) is 4. The van der Waals surface area contributed by atoms with Gasteiger partial charge in [-0.25, -0.2) is 0 Å². The Balaban J connectivity index is 1.63. The zero-order chi connectivity index (χ0) is 18.0. The highest BCUT2D eigenvalue weighted by Gasteiger charge is 2.39. The molecular weight excluding hydrogens is 320 g/mol. The van der Waals surface area contributed by atoms with Crippen molar-refractivity contribution >= 4 is 5.91 Å². The van der Waals surface area contributed by atoms with E-state index in [9.17, 15) is 14.7 Å². The van der Waals surface area contributed by atoms with Gasteiger partial charge in [-0.15, -0.1) is 0 Å². The van der Waals surface area contributed by atoms with Crippen molar-refractivity contribution in [3.05, 3.63) is 64.1 Å². The Morgan fingerprint density at radius 3 is 2.68 bits per heavy atom. The normalized spacial score (nSPS) is 19.9. The van der Waals surface area contributed by atoms with Crippen molar-refractivity contribution in [1.29, 1.82) is 0 Å². The van der Waals surface area contributed by atoms with Crippen molar-refractivity contribution in [2.24, 2.45) is 7.05 Å². The molecule has 1 saturated heterocycles. The van der Waals surface area contributed by atoms with Crippen molar-refractivity contribution < 1.29 is 14.6 Å². The first-order chi connectivity index (χ1) is 11.9. The standard InChI is InChI=1S/C19H22N2O4/c1-14-3-5-16(6-4-14)25-13-19(24)8-10-21(12-19)18(23)15-7-9-20(2)17(22)11-15/h3-7,9,11,24H,8,10,12-13H2,1-2H3. The van der Waals surface area contributed by atoms with E-state index in [1.165, 1.54) is 10.6 Å². The topological polar surface area (TPSA) is 71.8 Å². The van der Waals surface area contributed by atoms with E-state index in [0.717, 1.165) is 5.56 Å². The Morgan fingerprint density at radius 1 is 1.28 bits per heavy atom. The first-order valence-electron chi connectivity index (χ1n) is 8.24. The molecule has 2 heterocycles. The van der Waals surface area contributed by atoms with Crippen LogP contribution < -0.4 is 10.3 Å². The number of aromatic nitrogens is 1. The van der Waals surface area contributed by atoms with Crippen LogP contribution in [0.4, 0.5) is 0 Å². The van der Waals surface area contributed by atoms with Gasteiger partial charge >= 0.3 is 0 Å². The summed E-state index contributed by atoms with van der Waals surface area (Å²) < 4.78 is 7.08. The van der Waals surface area contributed by atoms with E-state index < -0.39 is 5.60 Å². The van der Waals surface area contributed by atoms with Gasteiger partial charge in [0.2, 0.25) is 0 Å². The van der Waals surface area contributed by atoms with Crippen molar-refractivity contribution in [1.82, 2.24) is 9.47 Å². The number of rotatable bonds is 4. The lowest BCUT2D eigenvalue weighted by Gasteiger charge is -2.23. The van der Waals surface area contributed by atoms with E-state index in [2.05, 4.69) is 0 Å². The second-order valence-corrected chi connectivity index (χ2v) is 6.67. The third-order valence-electron chi connectivity index (χ3n) is 4.50. The van der Waals surface area contributed by atoms with Crippen LogP contribution in [0.3, 0.4) is 0 Å². The largest absolute Gasteiger partial charge is 0.491 e. The number of aryl methyl sites for hydroxylation is 2. The predicted octanol–water partition coefficient (Wildman–Crippen LogP) is 1.35. The maximum Gasteiger partial charge on any atom is 0.254 e. The number of benzene rings is 1. The summed E-state index contributed by atoms with van der Waals surface area (Å²) in [6.45, 7) is 2.74. The van der Waals surface area contributed by atoms with Crippen LogP contribution in [-0.4, -0.2) is 45.8 Å². The molecule has 25 heavy (non-hydrogen) atoms. The van der Waals surface area contributed by atoms with E-state index in [-0.39, 0.29) is 24.6 Å². The number of carbonyl (C=O) groups is 1. The molecule has 0 aliphatic carbocycles. The molecule has 1 fully saturated rings. The molecule has 3 rings (SSSR count). The monoisotopic (exact) mass is 342 g/mol. The van der Waals surface area contributed by atoms with E-state index >= 15 is 0 Å². The maximum atomic E-state index is 12.5. The van der Waals surface area contributed by atoms with Crippen LogP contribution in [0.25, 0.3) is 0 Å². The fraction of sp³-hybridized carbons (Fsp3) is 0.368. The average molecular weight is 342 g/mol. The summed E-state index contributed by atoms with van der Waals surface area (Å²) in [6.07, 6.45) is 2.01. The van der Waals surface area contributed by atoms with Crippen molar-refractivity contribution in [3.8, 4) is 5.75 Å². The van der Waals surface area contributed by atoms with Gasteiger partial charge in [0.15, 0.2) is 0 Å². The van der Waals surface area contributed by atoms with Crippen LogP contribution in [0.1, 0.15) is 22.3 Å². The van der Waals surface area contributed by atoms with Crippen LogP contribution in [-0.2, 0) is 7.05 Å². The molecule has 1 N–H and O–H groups in total. The molecule has 1 amide bonds. The predicted molar refractivity (Wildman–Crippen MR) is 93.8 cm³/mol. The summed E-state index contributed by atoms with van der Waals surface area (Å²) in [5, 5.41) is 10.7. The van der Waals surface area contributed by atoms with Crippen molar-refractivity contribution in [2.45, 2.75) is 18.9 Å². The number of ether oxygens (including phenoxy) is 1. The first-order valence-corrected chi connectivity index (χ1v) is 8.24. The van der Waals surface area contributed by atoms with E-state index in [4.69, 9.17) is 4.74 Å². The van der Waals surface area contributed by atoms with Crippen LogP contribution in [0.15, 0.2) is 47.4 Å². The minimum absolute atomic E-state index is 0.121. The molecule has 6 heteroatoms. The molecule has 0 spiro atoms. The number of amides is 1. The minimum Gasteiger partial charge on any atom is -0.491 e. The molecule has 1 aliphatic heterocycles. The average Bonchev–Trinajstić information content (AvgIpc) is 2.99. The van der Waals surface area contributed by atoms with E-state index in [0.29, 0.717) is 24.3 Å². The molecule has 0 bridgehead atoms. The lowest BCUT2D eigenvalue weighted by molar-refractivity contribution is 0.00430. The van der Waals surface area contributed by atoms with Crippen LogP contribution in [0.2, 0.25) is 0 Å². The second-order valence-electron chi connectivity index (χ2n) is 6.67. The molecule has 0 saturated carbocycles. The van der Waals surface area contributed by atoms with Gasteiger partial charge < -0.3 is 19.3 Å². The highest BCUT2D eigenvalue weighted by Crippen LogP contribution is 2.24. The summed E-state index contributed by atoms with van der Waals surface area (Å²) in [7, 11) is 1.63. The smallest absolute Gasteiger partial charge is 0.254 e. The van der Waals surface area contributed by atoms with E-state index in [1.54, 1.807) is 24.2 Å². The summed E-state index contributed by atoms with van der Waals surface area (Å²) >= 11 is 0. The number of nitrogens with zero attached hydrogens (tertiary/aromatic N) is 2. The number of aliphatic hydroxyl groups is 1. The Kier molecular flexibility index (Phi) is 4.63. The molecule has 1 atom stereocenters. The fourth-order valence-corrected chi connectivity index (χ4v) is 2.86. The summed E-state index contributed by atoms with van der Waals surface area (Å²) in [5.74, 6) is 0.444. The van der Waals surface area contributed by atoms with Gasteiger partial charge in [0.05, 0.1) is 6.54 Å². The number of hydrogen-bond donors (Lipinski definition) is 1. The number of β-amino-alcohol motifs (C(OH)–C–C–N with tert-alkyl or cyclic N) is 1. The number of pyridine rings is 1. The van der Waals surface area contributed by atoms with Gasteiger partial charge in [0.1, 0.15) is 18.0 Å². The molecule has 1 aromatic carbocycles. The lowest BCUT2D eigenvalue weighted by atomic mass is 10.1. The Morgan fingerprint density at radius 2 is 2.00 bits per heavy atom. The molecule has 6 nitrogen and oxygen atoms in total. The molecule has 2 aromatic rings. The van der Waals surface area contributed by atoms with Crippen molar-refractivity contribution in [2.75, 3.05) is 19.7 Å². The molecular formula is C19H22N2O4. The zero-order valence-electron chi connectivity index (χ0n) is 14.4. The van der Waals surface area contributed by atoms with Crippen molar-refractivity contribution in [3.63, 3.8) is 0 Å². The van der Waals surface area contributed by atoms with Gasteiger partial charge in [-0.05, 0) is 31.5 Å². The molecule has 1 aromatic heterocycles. The Labute approximate surface area is 146 Å². The fourth-order valence-electron chi connectivity index (χ4n) is 2.86. The molecule has 0 radical (unpaired) electrons. The highest BCUT2D eigenvalue weighted by atomic mass is 16.5. The maximum absolute atomic E-state index is 12.5. The van der Waals surface area contributed by atoms with Crippen LogP contribution in [0.5, 0.6) is 5.75 Å². The molecule has 1 aliphatic rings. The van der Waals surface area contributed by atoms with Gasteiger partial charge in [0.25, 0.3) is 11.5 Å². The lowest BCUT2D eigenvalue weighted by Crippen LogP contribution is -2.40. The van der Waals surface area contributed by atoms with Gasteiger partial charge in [-0.2, -0.15) is 0 Å². The third-order valence-corrected chi connectivity index (χ3v) is 4.50. The summed E-state index contributed by atoms with van der Waals surface area (Å²) in [5.41, 5.74) is 0.160. The Bertz CT molecular complexity index is 828. The van der Waals surface area contributed by atoms with Crippen LogP contribution in [0, 0.1) is 6.92 Å². The minimum atomic E-state index is -1.08. The quantitative estimate of drug-likeness (QED) is 0.910. The van der Waals surface area contributed by atoms with Gasteiger partial charge in [-0.3, -0.25) is 9.59 Å². The highest BCUT2D eigenvalue weighted by molar-refractivity contribution is 5.94. The number of carbonyl (C=O) groups excluding carboxylic acids is 1.